The van der Waals surface area contributed by atoms with E-state index in [0.29, 0.717) is 0 Å². The van der Waals surface area contributed by atoms with Gasteiger partial charge in [-0.3, -0.25) is 0 Å². The van der Waals surface area contributed by atoms with Crippen LogP contribution in [-0.4, -0.2) is 18.3 Å². The number of rotatable bonds is 3. The van der Waals surface area contributed by atoms with Crippen LogP contribution in [0.4, 0.5) is 0 Å². The molecule has 0 aliphatic carbocycles. The van der Waals surface area contributed by atoms with Crippen LogP contribution in [0.2, 0.25) is 0 Å². The topological polar surface area (TPSA) is 55.5 Å². The van der Waals surface area contributed by atoms with E-state index in [1.165, 1.54) is 0 Å². The van der Waals surface area contributed by atoms with Crippen LogP contribution in [0.15, 0.2) is 24.3 Å². The molecule has 0 aromatic heterocycles. The second-order valence-electron chi connectivity index (χ2n) is 3.01. The Morgan fingerprint density at radius 3 is 2.54 bits per heavy atom. The molecule has 0 radical (unpaired) electrons. The molecule has 0 fully saturated rings. The van der Waals surface area contributed by atoms with Gasteiger partial charge in [0.25, 0.3) is 0 Å². The lowest BCUT2D eigenvalue weighted by Crippen LogP contribution is -2.23. The molecule has 13 heavy (non-hydrogen) atoms. The van der Waals surface area contributed by atoms with Gasteiger partial charge in [-0.25, -0.2) is 0 Å². The Morgan fingerprint density at radius 1 is 1.38 bits per heavy atom. The SMILES string of the molecule is COc1ccccc1C(N)C(C)O. The molecule has 1 aromatic rings. The standard InChI is InChI=1S/C10H15NO2/c1-7(12)10(11)8-5-3-4-6-9(8)13-2/h3-7,10,12H,11H2,1-2H3. The minimum atomic E-state index is -0.573. The number of nitrogens with two attached hydrogens (primary N) is 1. The maximum Gasteiger partial charge on any atom is 0.123 e. The van der Waals surface area contributed by atoms with Crippen molar-refractivity contribution >= 4 is 0 Å². The van der Waals surface area contributed by atoms with Crippen LogP contribution in [0, 0.1) is 0 Å². The molecule has 0 amide bonds. The fourth-order valence-corrected chi connectivity index (χ4v) is 1.20. The predicted octanol–water partition coefficient (Wildman–Crippen LogP) is 1.08. The highest BCUT2D eigenvalue weighted by Gasteiger charge is 2.15. The summed E-state index contributed by atoms with van der Waals surface area (Å²) in [7, 11) is 1.59. The second-order valence-corrected chi connectivity index (χ2v) is 3.01. The smallest absolute Gasteiger partial charge is 0.123 e. The highest BCUT2D eigenvalue weighted by molar-refractivity contribution is 5.36. The minimum absolute atomic E-state index is 0.392. The molecule has 3 N–H and O–H groups in total. The number of hydrogen-bond acceptors (Lipinski definition) is 3. The molecular weight excluding hydrogens is 166 g/mol. The molecule has 0 heterocycles. The van der Waals surface area contributed by atoms with Crippen molar-refractivity contribution in [3.63, 3.8) is 0 Å². The van der Waals surface area contributed by atoms with Crippen molar-refractivity contribution in [2.24, 2.45) is 5.73 Å². The summed E-state index contributed by atoms with van der Waals surface area (Å²) in [5.74, 6) is 0.718. The van der Waals surface area contributed by atoms with Gasteiger partial charge in [0, 0.05) is 5.56 Å². The van der Waals surface area contributed by atoms with Crippen LogP contribution in [0.1, 0.15) is 18.5 Å². The van der Waals surface area contributed by atoms with Crippen LogP contribution in [0.3, 0.4) is 0 Å². The lowest BCUT2D eigenvalue weighted by Gasteiger charge is -2.17. The quantitative estimate of drug-likeness (QED) is 0.733. The van der Waals surface area contributed by atoms with Gasteiger partial charge in [-0.05, 0) is 13.0 Å². The first kappa shape index (κ1) is 10.0. The maximum atomic E-state index is 9.31. The van der Waals surface area contributed by atoms with Gasteiger partial charge in [0.05, 0.1) is 19.3 Å². The first-order valence-electron chi connectivity index (χ1n) is 4.23. The fraction of sp³-hybridized carbons (Fsp3) is 0.400. The van der Waals surface area contributed by atoms with Gasteiger partial charge in [-0.15, -0.1) is 0 Å². The number of benzene rings is 1. The molecule has 3 heteroatoms. The van der Waals surface area contributed by atoms with Gasteiger partial charge in [-0.1, -0.05) is 18.2 Å². The Kier molecular flexibility index (Phi) is 3.28. The fourth-order valence-electron chi connectivity index (χ4n) is 1.20. The average Bonchev–Trinajstić information content (AvgIpc) is 2.16. The van der Waals surface area contributed by atoms with Crippen LogP contribution in [0.5, 0.6) is 5.75 Å². The summed E-state index contributed by atoms with van der Waals surface area (Å²) in [6.45, 7) is 1.66. The van der Waals surface area contributed by atoms with Gasteiger partial charge in [0.1, 0.15) is 5.75 Å². The monoisotopic (exact) mass is 181 g/mol. The Bertz CT molecular complexity index is 273. The van der Waals surface area contributed by atoms with Gasteiger partial charge >= 0.3 is 0 Å². The molecule has 1 aromatic carbocycles. The Morgan fingerprint density at radius 2 is 2.00 bits per heavy atom. The molecule has 72 valence electrons. The third kappa shape index (κ3) is 2.20. The summed E-state index contributed by atoms with van der Waals surface area (Å²) in [6, 6.07) is 7.04. The number of aliphatic hydroxyl groups excluding tert-OH is 1. The van der Waals surface area contributed by atoms with Crippen molar-refractivity contribution in [2.75, 3.05) is 7.11 Å². The van der Waals surface area contributed by atoms with E-state index in [2.05, 4.69) is 0 Å². The van der Waals surface area contributed by atoms with E-state index in [-0.39, 0.29) is 0 Å². The highest BCUT2D eigenvalue weighted by atomic mass is 16.5. The zero-order valence-corrected chi connectivity index (χ0v) is 7.90. The van der Waals surface area contributed by atoms with Gasteiger partial charge in [0.15, 0.2) is 0 Å². The van der Waals surface area contributed by atoms with Crippen molar-refractivity contribution in [2.45, 2.75) is 19.1 Å². The molecule has 3 nitrogen and oxygen atoms in total. The Labute approximate surface area is 78.1 Å². The van der Waals surface area contributed by atoms with Gasteiger partial charge in [-0.2, -0.15) is 0 Å². The highest BCUT2D eigenvalue weighted by Crippen LogP contribution is 2.24. The third-order valence-corrected chi connectivity index (χ3v) is 2.02. The van der Waals surface area contributed by atoms with Gasteiger partial charge in [0.2, 0.25) is 0 Å². The van der Waals surface area contributed by atoms with E-state index in [1.54, 1.807) is 14.0 Å². The molecule has 0 saturated heterocycles. The van der Waals surface area contributed by atoms with E-state index >= 15 is 0 Å². The lowest BCUT2D eigenvalue weighted by atomic mass is 10.0. The first-order chi connectivity index (χ1) is 6.16. The van der Waals surface area contributed by atoms with Crippen molar-refractivity contribution in [3.05, 3.63) is 29.8 Å². The summed E-state index contributed by atoms with van der Waals surface area (Å²) in [5.41, 5.74) is 6.62. The molecule has 0 aliphatic rings. The number of methoxy groups -OCH3 is 1. The minimum Gasteiger partial charge on any atom is -0.496 e. The number of ether oxygens (including phenoxy) is 1. The zero-order chi connectivity index (χ0) is 9.84. The average molecular weight is 181 g/mol. The second kappa shape index (κ2) is 4.25. The van der Waals surface area contributed by atoms with E-state index in [4.69, 9.17) is 10.5 Å². The number of aliphatic hydroxyl groups is 1. The number of para-hydroxylation sites is 1. The molecular formula is C10H15NO2. The van der Waals surface area contributed by atoms with Crippen LogP contribution >= 0.6 is 0 Å². The first-order valence-corrected chi connectivity index (χ1v) is 4.23. The molecule has 0 spiro atoms. The summed E-state index contributed by atoms with van der Waals surface area (Å²) >= 11 is 0. The summed E-state index contributed by atoms with van der Waals surface area (Å²) in [4.78, 5) is 0. The Balaban J connectivity index is 2.98. The molecule has 1 rings (SSSR count). The summed E-state index contributed by atoms with van der Waals surface area (Å²) < 4.78 is 5.13. The van der Waals surface area contributed by atoms with Crippen LogP contribution in [0.25, 0.3) is 0 Å². The summed E-state index contributed by atoms with van der Waals surface area (Å²) in [6.07, 6.45) is -0.573. The van der Waals surface area contributed by atoms with Crippen LogP contribution < -0.4 is 10.5 Å². The van der Waals surface area contributed by atoms with Crippen molar-refractivity contribution < 1.29 is 9.84 Å². The summed E-state index contributed by atoms with van der Waals surface area (Å²) in [5, 5.41) is 9.31. The van der Waals surface area contributed by atoms with E-state index in [1.807, 2.05) is 24.3 Å². The molecule has 0 bridgehead atoms. The molecule has 0 saturated carbocycles. The number of hydrogen-bond donors (Lipinski definition) is 2. The molecule has 2 unspecified atom stereocenters. The maximum absolute atomic E-state index is 9.31. The zero-order valence-electron chi connectivity index (χ0n) is 7.90. The van der Waals surface area contributed by atoms with Crippen LogP contribution in [-0.2, 0) is 0 Å². The van der Waals surface area contributed by atoms with E-state index in [9.17, 15) is 5.11 Å². The molecule has 2 atom stereocenters. The van der Waals surface area contributed by atoms with E-state index < -0.39 is 12.1 Å². The third-order valence-electron chi connectivity index (χ3n) is 2.02. The van der Waals surface area contributed by atoms with Crippen molar-refractivity contribution in [1.82, 2.24) is 0 Å². The molecule has 0 aliphatic heterocycles. The largest absolute Gasteiger partial charge is 0.496 e. The Hall–Kier alpha value is -1.06. The lowest BCUT2D eigenvalue weighted by molar-refractivity contribution is 0.162. The van der Waals surface area contributed by atoms with Crippen molar-refractivity contribution in [3.8, 4) is 5.75 Å². The predicted molar refractivity (Wildman–Crippen MR) is 51.6 cm³/mol. The van der Waals surface area contributed by atoms with Gasteiger partial charge < -0.3 is 15.6 Å². The normalized spacial score (nSPS) is 15.1. The van der Waals surface area contributed by atoms with Crippen molar-refractivity contribution in [1.29, 1.82) is 0 Å². The van der Waals surface area contributed by atoms with E-state index in [0.717, 1.165) is 11.3 Å².